The summed E-state index contributed by atoms with van der Waals surface area (Å²) in [6.07, 6.45) is 5.40. The lowest BCUT2D eigenvalue weighted by Gasteiger charge is -2.13. The number of benzene rings is 2. The second-order valence-corrected chi connectivity index (χ2v) is 15.7. The predicted molar refractivity (Wildman–Crippen MR) is 252 cm³/mol. The van der Waals surface area contributed by atoms with Crippen LogP contribution >= 0.6 is 0 Å². The van der Waals surface area contributed by atoms with Crippen LogP contribution in [0.2, 0.25) is 0 Å². The van der Waals surface area contributed by atoms with Gasteiger partial charge in [0.25, 0.3) is 5.91 Å². The number of alkyl carbamates (subject to hydrolysis) is 1. The number of imidazole rings is 1. The van der Waals surface area contributed by atoms with Crippen LogP contribution in [0, 0.1) is 13.8 Å². The number of hydrogen-bond donors (Lipinski definition) is 5. The Morgan fingerprint density at radius 2 is 1.42 bits per heavy atom. The fourth-order valence-electron chi connectivity index (χ4n) is 7.74. The number of hydrogen-bond acceptors (Lipinski definition) is 14. The summed E-state index contributed by atoms with van der Waals surface area (Å²) in [7, 11) is 1.60. The minimum atomic E-state index is -1.30. The molecular formula is C46H53N13O10. The third-order valence-corrected chi connectivity index (χ3v) is 10.8. The van der Waals surface area contributed by atoms with Crippen molar-refractivity contribution in [2.24, 2.45) is 11.5 Å². The molecule has 0 aliphatic heterocycles. The third-order valence-electron chi connectivity index (χ3n) is 10.8. The Hall–Kier alpha value is -8.34. The van der Waals surface area contributed by atoms with Crippen LogP contribution in [0.25, 0.3) is 44.5 Å². The van der Waals surface area contributed by atoms with Crippen LogP contribution in [-0.4, -0.2) is 119 Å². The molecular weight excluding hydrogens is 895 g/mol. The average Bonchev–Trinajstić information content (AvgIpc) is 4.08. The molecule has 362 valence electrons. The molecule has 0 aliphatic rings. The molecule has 0 saturated carbocycles. The molecule has 0 aliphatic carbocycles. The number of nitrogens with zero attached hydrogens (tertiary/aromatic N) is 9. The van der Waals surface area contributed by atoms with Gasteiger partial charge in [-0.05, 0) is 70.5 Å². The summed E-state index contributed by atoms with van der Waals surface area (Å²) in [4.78, 5) is 76.4. The van der Waals surface area contributed by atoms with Gasteiger partial charge in [-0.1, -0.05) is 12.2 Å². The molecule has 0 bridgehead atoms. The van der Waals surface area contributed by atoms with E-state index < -0.39 is 36.4 Å². The molecule has 0 saturated heterocycles. The first-order valence-electron chi connectivity index (χ1n) is 22.1. The van der Waals surface area contributed by atoms with Crippen molar-refractivity contribution in [3.8, 4) is 23.0 Å². The van der Waals surface area contributed by atoms with Crippen LogP contribution in [0.5, 0.6) is 11.5 Å². The van der Waals surface area contributed by atoms with E-state index in [9.17, 15) is 24.0 Å². The van der Waals surface area contributed by atoms with Gasteiger partial charge in [0.1, 0.15) is 34.1 Å². The summed E-state index contributed by atoms with van der Waals surface area (Å²) in [6.45, 7) is 8.94. The quantitative estimate of drug-likeness (QED) is 0.0440. The zero-order valence-corrected chi connectivity index (χ0v) is 38.8. The van der Waals surface area contributed by atoms with Crippen molar-refractivity contribution in [3.05, 3.63) is 83.0 Å². The lowest BCUT2D eigenvalue weighted by molar-refractivity contribution is -0.140. The van der Waals surface area contributed by atoms with E-state index >= 15 is 0 Å². The van der Waals surface area contributed by atoms with Gasteiger partial charge in [-0.15, -0.1) is 0 Å². The van der Waals surface area contributed by atoms with Crippen molar-refractivity contribution in [1.82, 2.24) is 49.0 Å². The summed E-state index contributed by atoms with van der Waals surface area (Å²) < 4.78 is 29.5. The van der Waals surface area contributed by atoms with Gasteiger partial charge in [0.2, 0.25) is 17.8 Å². The third kappa shape index (κ3) is 10.9. The Labute approximate surface area is 394 Å². The van der Waals surface area contributed by atoms with E-state index in [1.807, 2.05) is 48.2 Å². The number of carboxylic acid groups (broad SMARTS) is 1. The summed E-state index contributed by atoms with van der Waals surface area (Å²) in [5.74, 6) is -1.98. The second-order valence-electron chi connectivity index (χ2n) is 15.7. The number of aliphatic carboxylic acids is 1. The lowest BCUT2D eigenvalue weighted by Crippen LogP contribution is -2.28. The number of rotatable bonds is 23. The van der Waals surface area contributed by atoms with Gasteiger partial charge in [0.05, 0.1) is 35.6 Å². The lowest BCUT2D eigenvalue weighted by atomic mass is 10.1. The Bertz CT molecular complexity index is 3110. The monoisotopic (exact) mass is 947 g/mol. The summed E-state index contributed by atoms with van der Waals surface area (Å²) in [5, 5.41) is 24.5. The molecule has 7 aromatic rings. The first kappa shape index (κ1) is 48.6. The number of nitrogens with two attached hydrogens (primary N) is 2. The number of ether oxygens (including phenoxy) is 4. The van der Waals surface area contributed by atoms with E-state index in [0.717, 1.165) is 11.4 Å². The van der Waals surface area contributed by atoms with Crippen molar-refractivity contribution >= 4 is 68.7 Å². The molecule has 5 heterocycles. The fourth-order valence-corrected chi connectivity index (χ4v) is 7.74. The van der Waals surface area contributed by atoms with Crippen molar-refractivity contribution in [3.63, 3.8) is 0 Å². The van der Waals surface area contributed by atoms with E-state index in [2.05, 4.69) is 25.6 Å². The van der Waals surface area contributed by atoms with Crippen LogP contribution < -0.4 is 31.6 Å². The van der Waals surface area contributed by atoms with Gasteiger partial charge in [0.15, 0.2) is 12.4 Å². The van der Waals surface area contributed by atoms with Gasteiger partial charge in [-0.25, -0.2) is 24.5 Å². The highest BCUT2D eigenvalue weighted by atomic mass is 16.6. The number of carbonyl (C=O) groups excluding carboxylic acids is 4. The molecule has 7 rings (SSSR count). The highest BCUT2D eigenvalue weighted by Gasteiger charge is 2.24. The Morgan fingerprint density at radius 1 is 0.768 bits per heavy atom. The van der Waals surface area contributed by atoms with Gasteiger partial charge < -0.3 is 50.0 Å². The van der Waals surface area contributed by atoms with E-state index in [1.165, 1.54) is 12.1 Å². The fraction of sp³-hybridized carbons (Fsp3) is 0.348. The topological polar surface area (TPSA) is 303 Å². The zero-order chi connectivity index (χ0) is 49.4. The molecule has 0 spiro atoms. The number of aromatic nitrogens is 9. The Morgan fingerprint density at radius 3 is 2.10 bits per heavy atom. The van der Waals surface area contributed by atoms with E-state index in [0.29, 0.717) is 76.5 Å². The number of primary amides is 2. The maximum atomic E-state index is 13.9. The summed E-state index contributed by atoms with van der Waals surface area (Å²) in [5.41, 5.74) is 16.3. The normalized spacial score (nSPS) is 11.5. The molecule has 4 amide bonds. The maximum absolute atomic E-state index is 13.9. The first-order valence-corrected chi connectivity index (χ1v) is 22.1. The van der Waals surface area contributed by atoms with Crippen molar-refractivity contribution in [2.45, 2.75) is 66.7 Å². The number of carboxylic acids is 1. The van der Waals surface area contributed by atoms with Crippen molar-refractivity contribution in [1.29, 1.82) is 0 Å². The SMILES string of the molecule is CCn1nc(C)cc1C(=O)Nc1nc2cc(C(N)=O)cc(OCCCNC(=O)OCC(=O)O)c2n1C/C=C/Cn1c2nc(-c3cc(C)nn3CC)ncc2c2cc(C(N)=O)cc(OCCCOC)c21. The van der Waals surface area contributed by atoms with E-state index in [1.54, 1.807) is 47.7 Å². The molecule has 0 atom stereocenters. The van der Waals surface area contributed by atoms with Crippen LogP contribution in [0.3, 0.4) is 0 Å². The molecule has 69 heavy (non-hydrogen) atoms. The minimum absolute atomic E-state index is 0.0256. The number of allylic oxidation sites excluding steroid dienone is 2. The highest BCUT2D eigenvalue weighted by Crippen LogP contribution is 2.37. The van der Waals surface area contributed by atoms with Gasteiger partial charge in [0, 0.05) is 81.0 Å². The summed E-state index contributed by atoms with van der Waals surface area (Å²) >= 11 is 0. The summed E-state index contributed by atoms with van der Waals surface area (Å²) in [6, 6.07) is 9.86. The minimum Gasteiger partial charge on any atom is -0.491 e. The maximum Gasteiger partial charge on any atom is 0.407 e. The molecule has 7 N–H and O–H groups in total. The van der Waals surface area contributed by atoms with Crippen LogP contribution in [0.15, 0.2) is 54.7 Å². The number of fused-ring (bicyclic) bond motifs is 4. The molecule has 2 aromatic carbocycles. The number of aryl methyl sites for hydroxylation is 4. The number of nitrogens with one attached hydrogen (secondary N) is 2. The van der Waals surface area contributed by atoms with E-state index in [4.69, 9.17) is 45.7 Å². The van der Waals surface area contributed by atoms with Crippen LogP contribution in [0.4, 0.5) is 10.7 Å². The van der Waals surface area contributed by atoms with Gasteiger partial charge in [-0.2, -0.15) is 10.2 Å². The van der Waals surface area contributed by atoms with E-state index in [-0.39, 0.29) is 67.6 Å². The van der Waals surface area contributed by atoms with Gasteiger partial charge >= 0.3 is 12.1 Å². The van der Waals surface area contributed by atoms with Crippen molar-refractivity contribution in [2.75, 3.05) is 45.4 Å². The Balaban J connectivity index is 1.30. The molecule has 0 unspecified atom stereocenters. The largest absolute Gasteiger partial charge is 0.491 e. The van der Waals surface area contributed by atoms with Crippen LogP contribution in [0.1, 0.15) is 69.3 Å². The predicted octanol–water partition coefficient (Wildman–Crippen LogP) is 4.35. The van der Waals surface area contributed by atoms with Crippen molar-refractivity contribution < 1.29 is 48.0 Å². The first-order chi connectivity index (χ1) is 33.2. The number of anilines is 1. The molecule has 23 heteroatoms. The second kappa shape index (κ2) is 21.5. The van der Waals surface area contributed by atoms with Gasteiger partial charge in [-0.3, -0.25) is 29.1 Å². The number of amides is 4. The number of carbonyl (C=O) groups is 5. The molecule has 0 radical (unpaired) electrons. The molecule has 23 nitrogen and oxygen atoms in total. The van der Waals surface area contributed by atoms with Crippen LogP contribution in [-0.2, 0) is 40.4 Å². The Kier molecular flexibility index (Phi) is 15.2. The molecule has 0 fully saturated rings. The zero-order valence-electron chi connectivity index (χ0n) is 38.8. The average molecular weight is 948 g/mol. The molecule has 5 aromatic heterocycles. The smallest absolute Gasteiger partial charge is 0.407 e. The number of methoxy groups -OCH3 is 1. The standard InChI is InChI=1S/C46H53N13O10/c1-6-58-33(18-26(3)54-58)42-50-24-31-30-20-28(40(47)62)22-35(68-17-11-15-66-5)38(30)56(43(31)52-42)13-8-9-14-57-39-32(51-45(57)53-44(64)34-19-27(4)55-59(34)7-2)21-29(41(48)63)23-36(39)67-16-10-12-49-46(65)69-25-37(60)61/h8-9,18-24H,6-7,10-17,25H2,1-5H3,(H2,47,62)(H2,48,63)(H,49,65)(H,60,61)(H,51,53,64)/b9-8+. The highest BCUT2D eigenvalue weighted by molar-refractivity contribution is 6.12.